The number of hydrogen-bond donors (Lipinski definition) is 0. The molecular weight excluding hydrogens is 438 g/mol. The SMILES string of the molecule is CCOC(c1ccc(Cl)cc1)c1cn(Cc2ccc(OC)c(OCc3ccccc3)c2)nn1. The fraction of sp³-hybridized carbons (Fsp3) is 0.231. The van der Waals surface area contributed by atoms with E-state index in [1.54, 1.807) is 11.8 Å². The molecule has 0 fully saturated rings. The van der Waals surface area contributed by atoms with E-state index in [-0.39, 0.29) is 6.10 Å². The summed E-state index contributed by atoms with van der Waals surface area (Å²) < 4.78 is 19.2. The molecule has 1 unspecified atom stereocenters. The molecule has 1 heterocycles. The predicted octanol–water partition coefficient (Wildman–Crippen LogP) is 5.69. The minimum absolute atomic E-state index is 0.304. The molecule has 0 aliphatic heterocycles. The molecule has 0 aliphatic rings. The highest BCUT2D eigenvalue weighted by atomic mass is 35.5. The van der Waals surface area contributed by atoms with Gasteiger partial charge in [0.1, 0.15) is 18.4 Å². The summed E-state index contributed by atoms with van der Waals surface area (Å²) in [6, 6.07) is 23.5. The molecule has 33 heavy (non-hydrogen) atoms. The fourth-order valence-corrected chi connectivity index (χ4v) is 3.65. The van der Waals surface area contributed by atoms with E-state index in [0.717, 1.165) is 22.4 Å². The number of benzene rings is 3. The van der Waals surface area contributed by atoms with E-state index in [4.69, 9.17) is 25.8 Å². The van der Waals surface area contributed by atoms with Gasteiger partial charge in [0.25, 0.3) is 0 Å². The van der Waals surface area contributed by atoms with Crippen molar-refractivity contribution in [2.24, 2.45) is 0 Å². The Bertz CT molecular complexity index is 1160. The van der Waals surface area contributed by atoms with Crippen LogP contribution in [0, 0.1) is 0 Å². The number of methoxy groups -OCH3 is 1. The van der Waals surface area contributed by atoms with Crippen molar-refractivity contribution < 1.29 is 14.2 Å². The van der Waals surface area contributed by atoms with E-state index in [1.165, 1.54) is 0 Å². The highest BCUT2D eigenvalue weighted by Crippen LogP contribution is 2.30. The van der Waals surface area contributed by atoms with Crippen molar-refractivity contribution in [3.05, 3.63) is 106 Å². The third-order valence-corrected chi connectivity index (χ3v) is 5.39. The van der Waals surface area contributed by atoms with Crippen LogP contribution in [0.2, 0.25) is 5.02 Å². The first kappa shape index (κ1) is 22.8. The highest BCUT2D eigenvalue weighted by Gasteiger charge is 2.18. The molecule has 7 heteroatoms. The summed E-state index contributed by atoms with van der Waals surface area (Å²) in [6.45, 7) is 3.52. The monoisotopic (exact) mass is 463 g/mol. The number of hydrogen-bond acceptors (Lipinski definition) is 5. The summed E-state index contributed by atoms with van der Waals surface area (Å²) in [6.07, 6.45) is 1.60. The lowest BCUT2D eigenvalue weighted by Gasteiger charge is -2.14. The van der Waals surface area contributed by atoms with Crippen LogP contribution < -0.4 is 9.47 Å². The van der Waals surface area contributed by atoms with E-state index < -0.39 is 0 Å². The lowest BCUT2D eigenvalue weighted by atomic mass is 10.1. The number of ether oxygens (including phenoxy) is 3. The van der Waals surface area contributed by atoms with Gasteiger partial charge in [-0.1, -0.05) is 65.3 Å². The van der Waals surface area contributed by atoms with Crippen molar-refractivity contribution >= 4 is 11.6 Å². The summed E-state index contributed by atoms with van der Waals surface area (Å²) in [5, 5.41) is 9.36. The Kier molecular flexibility index (Phi) is 7.60. The van der Waals surface area contributed by atoms with Crippen molar-refractivity contribution in [2.45, 2.75) is 26.2 Å². The summed E-state index contributed by atoms with van der Waals surface area (Å²) in [7, 11) is 1.64. The second kappa shape index (κ2) is 11.0. The van der Waals surface area contributed by atoms with Crippen molar-refractivity contribution in [3.8, 4) is 11.5 Å². The number of rotatable bonds is 10. The fourth-order valence-electron chi connectivity index (χ4n) is 3.52. The Hall–Kier alpha value is -3.35. The number of nitrogens with zero attached hydrogens (tertiary/aromatic N) is 3. The molecule has 0 spiro atoms. The first-order valence-corrected chi connectivity index (χ1v) is 11.1. The topological polar surface area (TPSA) is 58.4 Å². The summed E-state index contributed by atoms with van der Waals surface area (Å²) in [5.74, 6) is 1.38. The van der Waals surface area contributed by atoms with E-state index in [9.17, 15) is 0 Å². The minimum Gasteiger partial charge on any atom is -0.493 e. The van der Waals surface area contributed by atoms with Crippen molar-refractivity contribution in [1.29, 1.82) is 0 Å². The Labute approximate surface area is 198 Å². The molecule has 1 atom stereocenters. The zero-order chi connectivity index (χ0) is 23.0. The standard InChI is InChI=1S/C26H26ClN3O3/c1-3-32-26(21-10-12-22(27)13-11-21)23-17-30(29-28-23)16-20-9-14-24(31-2)25(15-20)33-18-19-7-5-4-6-8-19/h4-15,17,26H,3,16,18H2,1-2H3. The molecule has 0 bridgehead atoms. The normalized spacial score (nSPS) is 11.8. The van der Waals surface area contributed by atoms with Crippen LogP contribution in [0.3, 0.4) is 0 Å². The molecular formula is C26H26ClN3O3. The smallest absolute Gasteiger partial charge is 0.162 e. The Morgan fingerprint density at radius 1 is 0.939 bits per heavy atom. The summed E-state index contributed by atoms with van der Waals surface area (Å²) in [5.41, 5.74) is 3.84. The molecule has 3 aromatic carbocycles. The molecule has 0 saturated carbocycles. The van der Waals surface area contributed by atoms with Gasteiger partial charge in [0.15, 0.2) is 11.5 Å². The first-order chi connectivity index (χ1) is 16.2. The van der Waals surface area contributed by atoms with Gasteiger partial charge in [0.05, 0.1) is 19.9 Å². The molecule has 4 rings (SSSR count). The van der Waals surface area contributed by atoms with Gasteiger partial charge in [-0.15, -0.1) is 5.10 Å². The zero-order valence-electron chi connectivity index (χ0n) is 18.6. The molecule has 6 nitrogen and oxygen atoms in total. The van der Waals surface area contributed by atoms with Crippen LogP contribution in [0.25, 0.3) is 0 Å². The summed E-state index contributed by atoms with van der Waals surface area (Å²) >= 11 is 6.03. The zero-order valence-corrected chi connectivity index (χ0v) is 19.4. The maximum atomic E-state index is 6.03. The average molecular weight is 464 g/mol. The lowest BCUT2D eigenvalue weighted by molar-refractivity contribution is 0.0883. The van der Waals surface area contributed by atoms with Crippen molar-refractivity contribution in [1.82, 2.24) is 15.0 Å². The van der Waals surface area contributed by atoms with Gasteiger partial charge in [-0.25, -0.2) is 4.68 Å². The van der Waals surface area contributed by atoms with Gasteiger partial charge in [-0.3, -0.25) is 0 Å². The van der Waals surface area contributed by atoms with Crippen LogP contribution >= 0.6 is 11.6 Å². The number of aromatic nitrogens is 3. The van der Waals surface area contributed by atoms with Gasteiger partial charge in [0, 0.05) is 11.6 Å². The lowest BCUT2D eigenvalue weighted by Crippen LogP contribution is -2.06. The van der Waals surface area contributed by atoms with Crippen molar-refractivity contribution in [3.63, 3.8) is 0 Å². The second-order valence-electron chi connectivity index (χ2n) is 7.49. The largest absolute Gasteiger partial charge is 0.493 e. The molecule has 0 N–H and O–H groups in total. The van der Waals surface area contributed by atoms with E-state index >= 15 is 0 Å². The Balaban J connectivity index is 1.50. The van der Waals surface area contributed by atoms with E-state index in [0.29, 0.717) is 36.3 Å². The second-order valence-corrected chi connectivity index (χ2v) is 7.92. The quantitative estimate of drug-likeness (QED) is 0.302. The van der Waals surface area contributed by atoms with E-state index in [1.807, 2.05) is 85.9 Å². The molecule has 0 amide bonds. The molecule has 4 aromatic rings. The van der Waals surface area contributed by atoms with E-state index in [2.05, 4.69) is 10.3 Å². The predicted molar refractivity (Wildman–Crippen MR) is 128 cm³/mol. The van der Waals surface area contributed by atoms with Crippen molar-refractivity contribution in [2.75, 3.05) is 13.7 Å². The van der Waals surface area contributed by atoms with Gasteiger partial charge >= 0.3 is 0 Å². The van der Waals surface area contributed by atoms with Crippen LogP contribution in [-0.2, 0) is 17.9 Å². The third kappa shape index (κ3) is 5.92. The minimum atomic E-state index is -0.304. The number of halogens is 1. The van der Waals surface area contributed by atoms with Gasteiger partial charge in [-0.05, 0) is 47.9 Å². The van der Waals surface area contributed by atoms with Crippen LogP contribution in [0.4, 0.5) is 0 Å². The molecule has 0 aliphatic carbocycles. The third-order valence-electron chi connectivity index (χ3n) is 5.14. The maximum absolute atomic E-state index is 6.03. The first-order valence-electron chi connectivity index (χ1n) is 10.8. The van der Waals surface area contributed by atoms with Crippen LogP contribution in [0.1, 0.15) is 35.4 Å². The van der Waals surface area contributed by atoms with Gasteiger partial charge < -0.3 is 14.2 Å². The van der Waals surface area contributed by atoms with Crippen LogP contribution in [-0.4, -0.2) is 28.7 Å². The molecule has 170 valence electrons. The highest BCUT2D eigenvalue weighted by molar-refractivity contribution is 6.30. The van der Waals surface area contributed by atoms with Crippen LogP contribution in [0.15, 0.2) is 79.0 Å². The molecule has 1 aromatic heterocycles. The Morgan fingerprint density at radius 2 is 1.73 bits per heavy atom. The molecule has 0 radical (unpaired) electrons. The Morgan fingerprint density at radius 3 is 2.45 bits per heavy atom. The van der Waals surface area contributed by atoms with Gasteiger partial charge in [0.2, 0.25) is 0 Å². The van der Waals surface area contributed by atoms with Crippen LogP contribution in [0.5, 0.6) is 11.5 Å². The molecule has 0 saturated heterocycles. The maximum Gasteiger partial charge on any atom is 0.162 e. The van der Waals surface area contributed by atoms with Gasteiger partial charge in [-0.2, -0.15) is 0 Å². The summed E-state index contributed by atoms with van der Waals surface area (Å²) in [4.78, 5) is 0. The average Bonchev–Trinajstić information content (AvgIpc) is 3.30.